The Hall–Kier alpha value is -2.78. The van der Waals surface area contributed by atoms with Crippen LogP contribution in [0.2, 0.25) is 0 Å². The van der Waals surface area contributed by atoms with Gasteiger partial charge in [0.1, 0.15) is 16.3 Å². The Kier molecular flexibility index (Phi) is 7.49. The first-order valence-electron chi connectivity index (χ1n) is 11.0. The first-order chi connectivity index (χ1) is 15.7. The van der Waals surface area contributed by atoms with Crippen molar-refractivity contribution in [3.05, 3.63) is 29.3 Å². The van der Waals surface area contributed by atoms with E-state index in [1.165, 1.54) is 11.5 Å². The van der Waals surface area contributed by atoms with Gasteiger partial charge in [0.05, 0.1) is 25.0 Å². The second-order valence-corrected chi connectivity index (χ2v) is 8.73. The normalized spacial score (nSPS) is 21.5. The predicted molar refractivity (Wildman–Crippen MR) is 129 cm³/mol. The molecule has 170 valence electrons. The largest absolute Gasteiger partial charge is 0.488 e. The molecule has 0 bridgehead atoms. The number of carbonyl (C=O) groups is 1. The number of carbonyl (C=O) groups excluding carboxylic acids is 1. The Bertz CT molecular complexity index is 949. The molecule has 0 radical (unpaired) electrons. The average Bonchev–Trinajstić information content (AvgIpc) is 3.36. The standard InChI is InChI=1S/C23H29N5O3S/c1-3-25-19-14-17(28-10-12-30-13-11-28)15-20(22(19)24-2)31-18-6-4-16(5-7-18)27-23(29)21-8-9-26-32-21/h3,8-9,14-16,18H,2,4-7,10-13H2,1H3,(H,27,29). The molecule has 32 heavy (non-hydrogen) atoms. The molecular weight excluding hydrogens is 426 g/mol. The summed E-state index contributed by atoms with van der Waals surface area (Å²) in [6, 6.07) is 5.98. The highest BCUT2D eigenvalue weighted by atomic mass is 32.1. The molecule has 1 saturated heterocycles. The van der Waals surface area contributed by atoms with Gasteiger partial charge in [-0.25, -0.2) is 4.37 Å². The van der Waals surface area contributed by atoms with E-state index in [1.54, 1.807) is 18.5 Å². The first kappa shape index (κ1) is 22.4. The lowest BCUT2D eigenvalue weighted by Gasteiger charge is -2.32. The van der Waals surface area contributed by atoms with Gasteiger partial charge in [0.2, 0.25) is 0 Å². The molecule has 0 spiro atoms. The van der Waals surface area contributed by atoms with Gasteiger partial charge in [-0.1, -0.05) is 0 Å². The topological polar surface area (TPSA) is 88.4 Å². The SMILES string of the molecule is C=Nc1c(N=CC)cc(N2CCOCC2)cc1OC1CCC(NC(=O)c2ccns2)CC1. The van der Waals surface area contributed by atoms with E-state index < -0.39 is 0 Å². The second kappa shape index (κ2) is 10.7. The Morgan fingerprint density at radius 3 is 2.75 bits per heavy atom. The Balaban J connectivity index is 1.44. The zero-order valence-corrected chi connectivity index (χ0v) is 19.1. The van der Waals surface area contributed by atoms with Gasteiger partial charge in [0, 0.05) is 43.3 Å². The lowest BCUT2D eigenvalue weighted by atomic mass is 9.93. The van der Waals surface area contributed by atoms with Crippen LogP contribution in [0, 0.1) is 0 Å². The van der Waals surface area contributed by atoms with Gasteiger partial charge >= 0.3 is 0 Å². The summed E-state index contributed by atoms with van der Waals surface area (Å²) in [5.74, 6) is 0.664. The molecule has 1 saturated carbocycles. The van der Waals surface area contributed by atoms with E-state index in [-0.39, 0.29) is 18.1 Å². The lowest BCUT2D eigenvalue weighted by molar-refractivity contribution is 0.0898. The molecule has 8 nitrogen and oxygen atoms in total. The van der Waals surface area contributed by atoms with Crippen molar-refractivity contribution in [2.75, 3.05) is 31.2 Å². The monoisotopic (exact) mass is 455 g/mol. The Labute approximate surface area is 192 Å². The molecule has 1 N–H and O–H groups in total. The number of hydrogen-bond donors (Lipinski definition) is 1. The van der Waals surface area contributed by atoms with Crippen LogP contribution >= 0.6 is 11.5 Å². The zero-order chi connectivity index (χ0) is 22.3. The van der Waals surface area contributed by atoms with Gasteiger partial charge in [0.25, 0.3) is 5.91 Å². The molecular formula is C23H29N5O3S. The highest BCUT2D eigenvalue weighted by Crippen LogP contribution is 2.43. The van der Waals surface area contributed by atoms with E-state index >= 15 is 0 Å². The van der Waals surface area contributed by atoms with Crippen molar-refractivity contribution in [2.45, 2.75) is 44.8 Å². The first-order valence-corrected chi connectivity index (χ1v) is 11.8. The summed E-state index contributed by atoms with van der Waals surface area (Å²) in [6.07, 6.45) is 6.93. The third-order valence-electron chi connectivity index (χ3n) is 5.81. The minimum atomic E-state index is -0.0460. The van der Waals surface area contributed by atoms with Crippen LogP contribution in [0.25, 0.3) is 0 Å². The third-order valence-corrected chi connectivity index (χ3v) is 6.55. The van der Waals surface area contributed by atoms with Gasteiger partial charge in [-0.15, -0.1) is 0 Å². The van der Waals surface area contributed by atoms with E-state index in [1.807, 2.05) is 19.1 Å². The van der Waals surface area contributed by atoms with Gasteiger partial charge in [-0.2, -0.15) is 0 Å². The highest BCUT2D eigenvalue weighted by Gasteiger charge is 2.26. The molecule has 0 atom stereocenters. The maximum Gasteiger partial charge on any atom is 0.263 e. The van der Waals surface area contributed by atoms with E-state index in [9.17, 15) is 4.79 Å². The number of hydrogen-bond acceptors (Lipinski definition) is 8. The van der Waals surface area contributed by atoms with Crippen LogP contribution in [0.3, 0.4) is 0 Å². The summed E-state index contributed by atoms with van der Waals surface area (Å²) in [5, 5.41) is 3.12. The molecule has 1 aliphatic heterocycles. The van der Waals surface area contributed by atoms with E-state index in [2.05, 4.69) is 31.3 Å². The van der Waals surface area contributed by atoms with Crippen molar-refractivity contribution < 1.29 is 14.3 Å². The molecule has 1 aromatic carbocycles. The molecule has 2 fully saturated rings. The lowest BCUT2D eigenvalue weighted by Crippen LogP contribution is -2.39. The fourth-order valence-corrected chi connectivity index (χ4v) is 4.66. The van der Waals surface area contributed by atoms with Crippen molar-refractivity contribution in [3.8, 4) is 5.75 Å². The van der Waals surface area contributed by atoms with Crippen molar-refractivity contribution in [1.82, 2.24) is 9.69 Å². The number of anilines is 1. The second-order valence-electron chi connectivity index (χ2n) is 7.90. The van der Waals surface area contributed by atoms with Crippen molar-refractivity contribution in [2.24, 2.45) is 9.98 Å². The van der Waals surface area contributed by atoms with Gasteiger partial charge in [0.15, 0.2) is 0 Å². The number of rotatable bonds is 7. The number of ether oxygens (including phenoxy) is 2. The summed E-state index contributed by atoms with van der Waals surface area (Å²) in [4.78, 5) is 24.0. The smallest absolute Gasteiger partial charge is 0.263 e. The van der Waals surface area contributed by atoms with Crippen LogP contribution in [0.15, 0.2) is 34.4 Å². The van der Waals surface area contributed by atoms with Crippen LogP contribution in [0.5, 0.6) is 5.75 Å². The van der Waals surface area contributed by atoms with E-state index in [0.717, 1.165) is 50.1 Å². The van der Waals surface area contributed by atoms with Crippen molar-refractivity contribution in [1.29, 1.82) is 0 Å². The number of aliphatic imine (C=N–C) groups is 2. The molecule has 2 aromatic rings. The molecule has 4 rings (SSSR count). The number of amides is 1. The van der Waals surface area contributed by atoms with Crippen molar-refractivity contribution in [3.63, 3.8) is 0 Å². The number of aromatic nitrogens is 1. The van der Waals surface area contributed by atoms with Crippen LogP contribution in [0.4, 0.5) is 17.1 Å². The molecule has 2 aliphatic rings. The molecule has 1 aliphatic carbocycles. The average molecular weight is 456 g/mol. The van der Waals surface area contributed by atoms with Crippen LogP contribution in [-0.4, -0.2) is 61.7 Å². The minimum absolute atomic E-state index is 0.0460. The quantitative estimate of drug-likeness (QED) is 0.634. The summed E-state index contributed by atoms with van der Waals surface area (Å²) in [6.45, 7) is 8.72. The fourth-order valence-electron chi connectivity index (χ4n) is 4.16. The van der Waals surface area contributed by atoms with Crippen LogP contribution in [-0.2, 0) is 4.74 Å². The number of benzene rings is 1. The summed E-state index contributed by atoms with van der Waals surface area (Å²) in [5.41, 5.74) is 2.48. The van der Waals surface area contributed by atoms with E-state index in [0.29, 0.717) is 29.5 Å². The molecule has 1 aromatic heterocycles. The number of nitrogens with one attached hydrogen (secondary N) is 1. The minimum Gasteiger partial charge on any atom is -0.488 e. The molecule has 2 heterocycles. The molecule has 1 amide bonds. The van der Waals surface area contributed by atoms with Crippen molar-refractivity contribution >= 4 is 47.4 Å². The maximum absolute atomic E-state index is 12.3. The van der Waals surface area contributed by atoms with Crippen LogP contribution in [0.1, 0.15) is 42.3 Å². The summed E-state index contributed by atoms with van der Waals surface area (Å²) < 4.78 is 15.9. The summed E-state index contributed by atoms with van der Waals surface area (Å²) in [7, 11) is 0. The Morgan fingerprint density at radius 2 is 2.09 bits per heavy atom. The van der Waals surface area contributed by atoms with Gasteiger partial charge in [-0.05, 0) is 63.0 Å². The molecule has 9 heteroatoms. The number of nitrogens with zero attached hydrogens (tertiary/aromatic N) is 4. The fraction of sp³-hybridized carbons (Fsp3) is 0.478. The van der Waals surface area contributed by atoms with Gasteiger partial charge in [-0.3, -0.25) is 14.8 Å². The molecule has 0 unspecified atom stereocenters. The Morgan fingerprint density at radius 1 is 1.31 bits per heavy atom. The predicted octanol–water partition coefficient (Wildman–Crippen LogP) is 4.15. The van der Waals surface area contributed by atoms with Gasteiger partial charge < -0.3 is 19.7 Å². The zero-order valence-electron chi connectivity index (χ0n) is 18.3. The maximum atomic E-state index is 12.3. The highest BCUT2D eigenvalue weighted by molar-refractivity contribution is 7.08. The number of morpholine rings is 1. The van der Waals surface area contributed by atoms with E-state index in [4.69, 9.17) is 9.47 Å². The van der Waals surface area contributed by atoms with Crippen LogP contribution < -0.4 is 15.0 Å². The third kappa shape index (κ3) is 5.34. The summed E-state index contributed by atoms with van der Waals surface area (Å²) >= 11 is 1.22.